The number of benzene rings is 2. The minimum absolute atomic E-state index is 0.0819. The second kappa shape index (κ2) is 11.5. The molecule has 2 atom stereocenters. The van der Waals surface area contributed by atoms with Gasteiger partial charge in [0.1, 0.15) is 11.9 Å². The molecule has 3 fully saturated rings. The molecule has 2 aliphatic carbocycles. The van der Waals surface area contributed by atoms with E-state index in [1.165, 1.54) is 18.4 Å². The number of piperazine rings is 1. The van der Waals surface area contributed by atoms with Crippen molar-refractivity contribution in [3.05, 3.63) is 64.7 Å². The van der Waals surface area contributed by atoms with E-state index >= 15 is 0 Å². The number of halogens is 1. The van der Waals surface area contributed by atoms with Gasteiger partial charge in [-0.1, -0.05) is 23.7 Å². The lowest BCUT2D eigenvalue weighted by molar-refractivity contribution is 0.0531. The van der Waals surface area contributed by atoms with E-state index in [9.17, 15) is 4.79 Å². The van der Waals surface area contributed by atoms with Crippen molar-refractivity contribution >= 4 is 17.5 Å². The molecule has 0 N–H and O–H groups in total. The maximum atomic E-state index is 12.9. The normalized spacial score (nSPS) is 27.6. The van der Waals surface area contributed by atoms with Crippen LogP contribution in [0.2, 0.25) is 5.02 Å². The van der Waals surface area contributed by atoms with Gasteiger partial charge < -0.3 is 14.5 Å². The Kier molecular flexibility index (Phi) is 8.19. The molecular formula is C30H40ClN3O2. The molecule has 1 heterocycles. The number of ether oxygens (including phenoxy) is 1. The Morgan fingerprint density at radius 3 is 2.22 bits per heavy atom. The van der Waals surface area contributed by atoms with Crippen LogP contribution >= 0.6 is 11.6 Å². The lowest BCUT2D eigenvalue weighted by Gasteiger charge is -2.38. The number of likely N-dealkylation sites (N-methyl/N-ethyl adjacent to an activating group) is 1. The van der Waals surface area contributed by atoms with Crippen LogP contribution in [0, 0.1) is 0 Å². The van der Waals surface area contributed by atoms with Crippen LogP contribution in [0.25, 0.3) is 0 Å². The monoisotopic (exact) mass is 509 g/mol. The Morgan fingerprint density at radius 2 is 1.56 bits per heavy atom. The molecule has 5 nitrogen and oxygen atoms in total. The minimum Gasteiger partial charge on any atom is -0.489 e. The van der Waals surface area contributed by atoms with Gasteiger partial charge in [-0.2, -0.15) is 0 Å². The first-order valence-corrected chi connectivity index (χ1v) is 14.1. The topological polar surface area (TPSA) is 36.0 Å². The van der Waals surface area contributed by atoms with Crippen LogP contribution in [-0.2, 0) is 0 Å². The lowest BCUT2D eigenvalue weighted by Crippen LogP contribution is -2.52. The highest BCUT2D eigenvalue weighted by Gasteiger charge is 2.35. The van der Waals surface area contributed by atoms with Gasteiger partial charge in [0, 0.05) is 55.9 Å². The Labute approximate surface area is 221 Å². The number of carbonyl (C=O) groups excluding carboxylic acids is 1. The molecule has 2 saturated carbocycles. The van der Waals surface area contributed by atoms with Gasteiger partial charge in [-0.15, -0.1) is 0 Å². The molecule has 0 radical (unpaired) electrons. The summed E-state index contributed by atoms with van der Waals surface area (Å²) in [5.41, 5.74) is 2.10. The van der Waals surface area contributed by atoms with E-state index in [1.807, 2.05) is 24.1 Å². The fourth-order valence-corrected chi connectivity index (χ4v) is 6.49. The van der Waals surface area contributed by atoms with Gasteiger partial charge in [0.05, 0.1) is 0 Å². The van der Waals surface area contributed by atoms with Gasteiger partial charge in [0.15, 0.2) is 0 Å². The number of amides is 1. The molecule has 0 bridgehead atoms. The van der Waals surface area contributed by atoms with Crippen LogP contribution in [0.5, 0.6) is 5.75 Å². The molecule has 6 heteroatoms. The Bertz CT molecular complexity index is 996. The second-order valence-electron chi connectivity index (χ2n) is 11.0. The van der Waals surface area contributed by atoms with E-state index in [-0.39, 0.29) is 5.91 Å². The van der Waals surface area contributed by atoms with Gasteiger partial charge in [0.25, 0.3) is 5.91 Å². The van der Waals surface area contributed by atoms with Crippen LogP contribution < -0.4 is 4.74 Å². The maximum Gasteiger partial charge on any atom is 0.253 e. The van der Waals surface area contributed by atoms with Crippen molar-refractivity contribution in [1.82, 2.24) is 14.7 Å². The summed E-state index contributed by atoms with van der Waals surface area (Å²) in [5, 5.41) is 0.657. The van der Waals surface area contributed by atoms with Crippen LogP contribution in [0.3, 0.4) is 0 Å². The summed E-state index contributed by atoms with van der Waals surface area (Å²) in [5.74, 6) is 1.64. The van der Waals surface area contributed by atoms with Crippen LogP contribution in [-0.4, -0.2) is 79.1 Å². The highest BCUT2D eigenvalue weighted by atomic mass is 35.5. The summed E-state index contributed by atoms with van der Waals surface area (Å²) in [6, 6.07) is 16.9. The van der Waals surface area contributed by atoms with E-state index in [0.717, 1.165) is 64.0 Å². The van der Waals surface area contributed by atoms with Crippen molar-refractivity contribution in [2.45, 2.75) is 69.1 Å². The molecule has 3 aliphatic rings. The standard InChI is InChI=1S/C30H40ClN3O2/c1-32-18-20-34(21-19-32)28-4-3-5-29(28)36-27-16-10-23(11-17-27)22-8-14-26(15-9-22)33(2)30(35)24-6-12-25(31)13-7-24/h6-7,10-13,16-17,22,26,28-29H,3-5,8-9,14-15,18-21H2,1-2H3/t22?,26?,28-,29+/m1/s1. The summed E-state index contributed by atoms with van der Waals surface area (Å²) in [6.07, 6.45) is 8.27. The van der Waals surface area contributed by atoms with Crippen LogP contribution in [0.4, 0.5) is 0 Å². The molecule has 2 aromatic rings. The average Bonchev–Trinajstić information content (AvgIpc) is 3.37. The van der Waals surface area contributed by atoms with E-state index in [0.29, 0.717) is 34.7 Å². The van der Waals surface area contributed by atoms with Gasteiger partial charge in [-0.25, -0.2) is 0 Å². The molecule has 0 aromatic heterocycles. The average molecular weight is 510 g/mol. The van der Waals surface area contributed by atoms with Gasteiger partial charge in [-0.05, 0) is 99.9 Å². The first kappa shape index (κ1) is 25.6. The number of hydrogen-bond donors (Lipinski definition) is 0. The number of nitrogens with zero attached hydrogens (tertiary/aromatic N) is 3. The van der Waals surface area contributed by atoms with Gasteiger partial charge in [0.2, 0.25) is 0 Å². The third kappa shape index (κ3) is 5.90. The molecule has 36 heavy (non-hydrogen) atoms. The Hall–Kier alpha value is -2.08. The van der Waals surface area contributed by atoms with Crippen molar-refractivity contribution in [2.75, 3.05) is 40.3 Å². The largest absolute Gasteiger partial charge is 0.489 e. The molecule has 5 rings (SSSR count). The molecular weight excluding hydrogens is 470 g/mol. The molecule has 0 unspecified atom stereocenters. The molecule has 1 amide bonds. The Balaban J connectivity index is 1.12. The van der Waals surface area contributed by atoms with Crippen molar-refractivity contribution in [2.24, 2.45) is 0 Å². The predicted octanol–water partition coefficient (Wildman–Crippen LogP) is 5.69. The van der Waals surface area contributed by atoms with Crippen molar-refractivity contribution < 1.29 is 9.53 Å². The molecule has 1 saturated heterocycles. The maximum absolute atomic E-state index is 12.9. The zero-order valence-electron chi connectivity index (χ0n) is 21.7. The lowest BCUT2D eigenvalue weighted by atomic mass is 9.81. The SMILES string of the molecule is CN1CCN([C@@H]2CCC[C@@H]2Oc2ccc(C3CCC(N(C)C(=O)c4ccc(Cl)cc4)CC3)cc2)CC1. The number of carbonyl (C=O) groups is 1. The highest BCUT2D eigenvalue weighted by Crippen LogP contribution is 2.36. The zero-order valence-corrected chi connectivity index (χ0v) is 22.5. The van der Waals surface area contributed by atoms with Crippen molar-refractivity contribution in [3.8, 4) is 5.75 Å². The van der Waals surface area contributed by atoms with Crippen LogP contribution in [0.1, 0.15) is 66.8 Å². The van der Waals surface area contributed by atoms with E-state index in [4.69, 9.17) is 16.3 Å². The summed E-state index contributed by atoms with van der Waals surface area (Å²) in [4.78, 5) is 19.9. The molecule has 0 spiro atoms. The minimum atomic E-state index is 0.0819. The first-order valence-electron chi connectivity index (χ1n) is 13.7. The van der Waals surface area contributed by atoms with Gasteiger partial charge >= 0.3 is 0 Å². The van der Waals surface area contributed by atoms with Crippen LogP contribution in [0.15, 0.2) is 48.5 Å². The summed E-state index contributed by atoms with van der Waals surface area (Å²) in [6.45, 7) is 4.63. The van der Waals surface area contributed by atoms with E-state index < -0.39 is 0 Å². The second-order valence-corrected chi connectivity index (χ2v) is 11.4. The van der Waals surface area contributed by atoms with Crippen molar-refractivity contribution in [3.63, 3.8) is 0 Å². The summed E-state index contributed by atoms with van der Waals surface area (Å²) >= 11 is 5.98. The summed E-state index contributed by atoms with van der Waals surface area (Å²) in [7, 11) is 4.15. The predicted molar refractivity (Wildman–Crippen MR) is 146 cm³/mol. The van der Waals surface area contributed by atoms with Crippen molar-refractivity contribution in [1.29, 1.82) is 0 Å². The molecule has 2 aromatic carbocycles. The number of rotatable bonds is 6. The molecule has 194 valence electrons. The first-order chi connectivity index (χ1) is 17.5. The Morgan fingerprint density at radius 1 is 0.889 bits per heavy atom. The quantitative estimate of drug-likeness (QED) is 0.501. The summed E-state index contributed by atoms with van der Waals surface area (Å²) < 4.78 is 6.53. The third-order valence-electron chi connectivity index (χ3n) is 8.72. The van der Waals surface area contributed by atoms with E-state index in [2.05, 4.69) is 41.1 Å². The fourth-order valence-electron chi connectivity index (χ4n) is 6.37. The fraction of sp³-hybridized carbons (Fsp3) is 0.567. The zero-order chi connectivity index (χ0) is 25.1. The number of hydrogen-bond acceptors (Lipinski definition) is 4. The van der Waals surface area contributed by atoms with E-state index in [1.54, 1.807) is 12.1 Å². The van der Waals surface area contributed by atoms with Gasteiger partial charge in [-0.3, -0.25) is 9.69 Å². The smallest absolute Gasteiger partial charge is 0.253 e. The highest BCUT2D eigenvalue weighted by molar-refractivity contribution is 6.30. The molecule has 1 aliphatic heterocycles. The third-order valence-corrected chi connectivity index (χ3v) is 8.97.